The van der Waals surface area contributed by atoms with Crippen molar-refractivity contribution in [1.82, 2.24) is 9.88 Å². The highest BCUT2D eigenvalue weighted by atomic mass is 127. The van der Waals surface area contributed by atoms with Crippen molar-refractivity contribution in [2.45, 2.75) is 18.4 Å². The molecule has 0 amide bonds. The largest absolute Gasteiger partial charge is 0.370 e. The number of rotatable bonds is 3. The van der Waals surface area contributed by atoms with Crippen LogP contribution >= 0.6 is 35.3 Å². The highest BCUT2D eigenvalue weighted by Gasteiger charge is 2.38. The SMILES string of the molecule is I.NC(=NC1CC1c1ccccc1)N1CCN(c2nccs2)CC1. The molecule has 2 fully saturated rings. The van der Waals surface area contributed by atoms with Crippen molar-refractivity contribution in [3.05, 3.63) is 47.5 Å². The van der Waals surface area contributed by atoms with E-state index in [4.69, 9.17) is 10.7 Å². The summed E-state index contributed by atoms with van der Waals surface area (Å²) in [5, 5.41) is 3.13. The first-order valence-electron chi connectivity index (χ1n) is 8.09. The Morgan fingerprint density at radius 2 is 1.92 bits per heavy atom. The van der Waals surface area contributed by atoms with E-state index in [9.17, 15) is 0 Å². The van der Waals surface area contributed by atoms with E-state index in [1.807, 2.05) is 11.6 Å². The zero-order valence-electron chi connectivity index (χ0n) is 13.4. The molecule has 0 radical (unpaired) electrons. The maximum atomic E-state index is 6.24. The van der Waals surface area contributed by atoms with Crippen LogP contribution in [0.1, 0.15) is 17.9 Å². The fourth-order valence-corrected chi connectivity index (χ4v) is 3.83. The van der Waals surface area contributed by atoms with E-state index in [0.717, 1.165) is 37.7 Å². The number of anilines is 1. The molecule has 1 aromatic heterocycles. The zero-order chi connectivity index (χ0) is 15.6. The minimum Gasteiger partial charge on any atom is -0.370 e. The lowest BCUT2D eigenvalue weighted by molar-refractivity contribution is 0.380. The Morgan fingerprint density at radius 1 is 1.17 bits per heavy atom. The molecule has 1 saturated carbocycles. The normalized spacial score (nSPS) is 23.8. The van der Waals surface area contributed by atoms with Crippen LogP contribution in [0.25, 0.3) is 0 Å². The van der Waals surface area contributed by atoms with Crippen molar-refractivity contribution in [2.24, 2.45) is 10.7 Å². The molecule has 24 heavy (non-hydrogen) atoms. The number of benzene rings is 1. The van der Waals surface area contributed by atoms with Gasteiger partial charge in [-0.25, -0.2) is 9.98 Å². The second kappa shape index (κ2) is 7.69. The van der Waals surface area contributed by atoms with Crippen LogP contribution in [-0.2, 0) is 0 Å². The molecule has 1 aliphatic carbocycles. The third-order valence-electron chi connectivity index (χ3n) is 4.58. The molecule has 2 atom stereocenters. The average Bonchev–Trinajstić information content (AvgIpc) is 3.15. The number of hydrogen-bond acceptors (Lipinski definition) is 4. The lowest BCUT2D eigenvalue weighted by Crippen LogP contribution is -2.51. The van der Waals surface area contributed by atoms with Crippen LogP contribution in [-0.4, -0.2) is 48.1 Å². The highest BCUT2D eigenvalue weighted by molar-refractivity contribution is 14.0. The van der Waals surface area contributed by atoms with Gasteiger partial charge in [-0.15, -0.1) is 35.3 Å². The minimum absolute atomic E-state index is 0. The van der Waals surface area contributed by atoms with Gasteiger partial charge in [-0.3, -0.25) is 0 Å². The topological polar surface area (TPSA) is 57.8 Å². The smallest absolute Gasteiger partial charge is 0.191 e. The van der Waals surface area contributed by atoms with Gasteiger partial charge in [0.2, 0.25) is 0 Å². The Balaban J connectivity index is 0.00000169. The lowest BCUT2D eigenvalue weighted by Gasteiger charge is -2.35. The zero-order valence-corrected chi connectivity index (χ0v) is 16.6. The van der Waals surface area contributed by atoms with Gasteiger partial charge in [-0.2, -0.15) is 0 Å². The number of nitrogens with two attached hydrogens (primary N) is 1. The predicted molar refractivity (Wildman–Crippen MR) is 111 cm³/mol. The quantitative estimate of drug-likeness (QED) is 0.440. The molecule has 7 heteroatoms. The number of piperazine rings is 1. The molecule has 4 rings (SSSR count). The summed E-state index contributed by atoms with van der Waals surface area (Å²) >= 11 is 1.69. The van der Waals surface area contributed by atoms with Crippen LogP contribution in [0.15, 0.2) is 46.9 Å². The van der Waals surface area contributed by atoms with Crippen molar-refractivity contribution in [3.63, 3.8) is 0 Å². The monoisotopic (exact) mass is 455 g/mol. The molecule has 0 bridgehead atoms. The molecule has 128 valence electrons. The van der Waals surface area contributed by atoms with Crippen molar-refractivity contribution >= 4 is 46.4 Å². The van der Waals surface area contributed by atoms with E-state index in [0.29, 0.717) is 17.9 Å². The number of aliphatic imine (C=N–C) groups is 1. The van der Waals surface area contributed by atoms with Crippen LogP contribution in [0.4, 0.5) is 5.13 Å². The molecular weight excluding hydrogens is 433 g/mol. The molecule has 2 N–H and O–H groups in total. The molecule has 1 saturated heterocycles. The van der Waals surface area contributed by atoms with Gasteiger partial charge in [0, 0.05) is 43.7 Å². The van der Waals surface area contributed by atoms with Gasteiger partial charge in [-0.05, 0) is 12.0 Å². The number of nitrogens with zero attached hydrogens (tertiary/aromatic N) is 4. The highest BCUT2D eigenvalue weighted by Crippen LogP contribution is 2.43. The summed E-state index contributed by atoms with van der Waals surface area (Å²) in [5.74, 6) is 1.25. The Hall–Kier alpha value is -1.35. The lowest BCUT2D eigenvalue weighted by atomic mass is 10.1. The summed E-state index contributed by atoms with van der Waals surface area (Å²) in [5.41, 5.74) is 7.62. The van der Waals surface area contributed by atoms with E-state index < -0.39 is 0 Å². The first-order valence-corrected chi connectivity index (χ1v) is 8.97. The average molecular weight is 455 g/mol. The molecule has 1 aromatic carbocycles. The first kappa shape index (κ1) is 17.5. The summed E-state index contributed by atoms with van der Waals surface area (Å²) in [7, 11) is 0. The summed E-state index contributed by atoms with van der Waals surface area (Å²) in [4.78, 5) is 13.6. The fourth-order valence-electron chi connectivity index (χ4n) is 3.13. The van der Waals surface area contributed by atoms with Crippen LogP contribution in [0.5, 0.6) is 0 Å². The van der Waals surface area contributed by atoms with E-state index in [2.05, 4.69) is 45.1 Å². The third kappa shape index (κ3) is 3.83. The number of thiazole rings is 1. The van der Waals surface area contributed by atoms with Gasteiger partial charge >= 0.3 is 0 Å². The molecule has 0 spiro atoms. The summed E-state index contributed by atoms with van der Waals surface area (Å²) < 4.78 is 0. The van der Waals surface area contributed by atoms with Gasteiger partial charge in [0.25, 0.3) is 0 Å². The molecule has 1 aliphatic heterocycles. The third-order valence-corrected chi connectivity index (χ3v) is 5.41. The van der Waals surface area contributed by atoms with Gasteiger partial charge < -0.3 is 15.5 Å². The van der Waals surface area contributed by atoms with Gasteiger partial charge in [0.15, 0.2) is 11.1 Å². The van der Waals surface area contributed by atoms with Gasteiger partial charge in [0.1, 0.15) is 0 Å². The number of aromatic nitrogens is 1. The van der Waals surface area contributed by atoms with Gasteiger partial charge in [0.05, 0.1) is 6.04 Å². The maximum Gasteiger partial charge on any atom is 0.191 e. The van der Waals surface area contributed by atoms with Gasteiger partial charge in [-0.1, -0.05) is 30.3 Å². The first-order chi connectivity index (χ1) is 11.3. The van der Waals surface area contributed by atoms with Crippen LogP contribution < -0.4 is 10.6 Å². The molecule has 2 aliphatic rings. The Morgan fingerprint density at radius 3 is 2.58 bits per heavy atom. The Kier molecular flexibility index (Phi) is 5.60. The summed E-state index contributed by atoms with van der Waals surface area (Å²) in [6.45, 7) is 3.74. The Bertz CT molecular complexity index is 668. The molecule has 2 aromatic rings. The fraction of sp³-hybridized carbons (Fsp3) is 0.412. The van der Waals surface area contributed by atoms with E-state index in [1.165, 1.54) is 5.56 Å². The maximum absolute atomic E-state index is 6.24. The van der Waals surface area contributed by atoms with E-state index in [1.54, 1.807) is 11.3 Å². The molecule has 2 heterocycles. The number of hydrogen-bond donors (Lipinski definition) is 1. The molecule has 2 unspecified atom stereocenters. The molecule has 5 nitrogen and oxygen atoms in total. The minimum atomic E-state index is 0. The van der Waals surface area contributed by atoms with Crippen molar-refractivity contribution in [2.75, 3.05) is 31.1 Å². The van der Waals surface area contributed by atoms with Crippen LogP contribution in [0, 0.1) is 0 Å². The summed E-state index contributed by atoms with van der Waals surface area (Å²) in [6, 6.07) is 11.0. The van der Waals surface area contributed by atoms with E-state index >= 15 is 0 Å². The molecular formula is C17H22IN5S. The second-order valence-corrected chi connectivity index (χ2v) is 6.97. The van der Waals surface area contributed by atoms with Crippen molar-refractivity contribution < 1.29 is 0 Å². The van der Waals surface area contributed by atoms with Crippen LogP contribution in [0.2, 0.25) is 0 Å². The predicted octanol–water partition coefficient (Wildman–Crippen LogP) is 2.75. The number of guanidine groups is 1. The Labute approximate surface area is 163 Å². The van der Waals surface area contributed by atoms with E-state index in [-0.39, 0.29) is 24.0 Å². The van der Waals surface area contributed by atoms with Crippen LogP contribution in [0.3, 0.4) is 0 Å². The van der Waals surface area contributed by atoms with Crippen molar-refractivity contribution in [3.8, 4) is 0 Å². The summed E-state index contributed by atoms with van der Waals surface area (Å²) in [6.07, 6.45) is 2.98. The van der Waals surface area contributed by atoms with Crippen molar-refractivity contribution in [1.29, 1.82) is 0 Å². The second-order valence-electron chi connectivity index (χ2n) is 6.10. The standard InChI is InChI=1S/C17H21N5S.HI/c18-16(20-15-12-14(15)13-4-2-1-3-5-13)21-7-9-22(10-8-21)17-19-6-11-23-17;/h1-6,11,14-15H,7-10,12H2,(H2,18,20);1H. The number of halogens is 1.